The van der Waals surface area contributed by atoms with Crippen LogP contribution < -0.4 is 5.73 Å². The van der Waals surface area contributed by atoms with Gasteiger partial charge in [0.05, 0.1) is 5.69 Å². The largest absolute Gasteiger partial charge is 0.398 e. The predicted molar refractivity (Wildman–Crippen MR) is 71.3 cm³/mol. The summed E-state index contributed by atoms with van der Waals surface area (Å²) in [6.45, 7) is 2.08. The lowest BCUT2D eigenvalue weighted by atomic mass is 10.1. The number of anilines is 1. The Labute approximate surface area is 101 Å². The smallest absolute Gasteiger partial charge is 0.0705 e. The molecule has 0 bridgehead atoms. The van der Waals surface area contributed by atoms with Crippen LogP contribution in [0.25, 0.3) is 11.3 Å². The van der Waals surface area contributed by atoms with Gasteiger partial charge in [-0.3, -0.25) is 4.98 Å². The number of aryl methyl sites for hydroxylation is 1. The van der Waals surface area contributed by atoms with Gasteiger partial charge in [0.2, 0.25) is 0 Å². The molecule has 1 aromatic carbocycles. The van der Waals surface area contributed by atoms with Gasteiger partial charge in [-0.15, -0.1) is 0 Å². The van der Waals surface area contributed by atoms with Crippen molar-refractivity contribution in [1.29, 1.82) is 5.41 Å². The average Bonchev–Trinajstić information content (AvgIpc) is 2.39. The van der Waals surface area contributed by atoms with Crippen molar-refractivity contribution in [2.75, 3.05) is 5.73 Å². The zero-order valence-electron chi connectivity index (χ0n) is 9.77. The summed E-state index contributed by atoms with van der Waals surface area (Å²) in [6, 6.07) is 11.6. The molecule has 86 valence electrons. The molecule has 0 aliphatic carbocycles. The SMILES string of the molecule is CCc1cccc(-c2ccc(N)c(C=N)c2)n1. The van der Waals surface area contributed by atoms with Gasteiger partial charge in [-0.1, -0.05) is 19.1 Å². The van der Waals surface area contributed by atoms with Crippen LogP contribution in [-0.4, -0.2) is 11.2 Å². The number of nitrogens with zero attached hydrogens (tertiary/aromatic N) is 1. The fourth-order valence-electron chi connectivity index (χ4n) is 1.70. The maximum Gasteiger partial charge on any atom is 0.0705 e. The third kappa shape index (κ3) is 2.33. The van der Waals surface area contributed by atoms with Crippen LogP contribution >= 0.6 is 0 Å². The van der Waals surface area contributed by atoms with Gasteiger partial charge >= 0.3 is 0 Å². The normalized spacial score (nSPS) is 10.2. The van der Waals surface area contributed by atoms with Gasteiger partial charge in [-0.05, 0) is 30.7 Å². The Kier molecular flexibility index (Phi) is 3.19. The van der Waals surface area contributed by atoms with Crippen LogP contribution in [0.2, 0.25) is 0 Å². The molecule has 1 aromatic heterocycles. The Hall–Kier alpha value is -2.16. The fraction of sp³-hybridized carbons (Fsp3) is 0.143. The molecule has 0 spiro atoms. The Bertz CT molecular complexity index is 547. The van der Waals surface area contributed by atoms with E-state index in [1.807, 2.05) is 36.4 Å². The standard InChI is InChI=1S/C14H15N3/c1-2-12-4-3-5-14(17-12)10-6-7-13(16)11(8-10)9-15/h3-9,15H,2,16H2,1H3. The zero-order chi connectivity index (χ0) is 12.3. The average molecular weight is 225 g/mol. The zero-order valence-corrected chi connectivity index (χ0v) is 9.77. The third-order valence-corrected chi connectivity index (χ3v) is 2.71. The first kappa shape index (κ1) is 11.3. The van der Waals surface area contributed by atoms with E-state index in [1.165, 1.54) is 6.21 Å². The minimum absolute atomic E-state index is 0.621. The first-order valence-electron chi connectivity index (χ1n) is 5.61. The van der Waals surface area contributed by atoms with Crippen molar-refractivity contribution in [3.8, 4) is 11.3 Å². The van der Waals surface area contributed by atoms with Crippen LogP contribution in [0.3, 0.4) is 0 Å². The van der Waals surface area contributed by atoms with Crippen LogP contribution in [0.1, 0.15) is 18.2 Å². The molecule has 0 aliphatic rings. The molecule has 0 fully saturated rings. The second-order valence-corrected chi connectivity index (χ2v) is 3.86. The van der Waals surface area contributed by atoms with Gasteiger partial charge in [0.25, 0.3) is 0 Å². The molecule has 0 aliphatic heterocycles. The van der Waals surface area contributed by atoms with E-state index in [-0.39, 0.29) is 0 Å². The molecule has 0 unspecified atom stereocenters. The number of nitrogen functional groups attached to an aromatic ring is 1. The summed E-state index contributed by atoms with van der Waals surface area (Å²) in [4.78, 5) is 4.55. The molecule has 0 saturated heterocycles. The summed E-state index contributed by atoms with van der Waals surface area (Å²) in [5.74, 6) is 0. The fourth-order valence-corrected chi connectivity index (χ4v) is 1.70. The Morgan fingerprint density at radius 3 is 2.82 bits per heavy atom. The number of rotatable bonds is 3. The highest BCUT2D eigenvalue weighted by molar-refractivity contribution is 5.87. The topological polar surface area (TPSA) is 62.8 Å². The number of hydrogen-bond donors (Lipinski definition) is 2. The highest BCUT2D eigenvalue weighted by Crippen LogP contribution is 2.21. The molecule has 3 heteroatoms. The van der Waals surface area contributed by atoms with E-state index in [9.17, 15) is 0 Å². The molecule has 0 amide bonds. The number of hydrogen-bond acceptors (Lipinski definition) is 3. The number of nitrogens with two attached hydrogens (primary N) is 1. The predicted octanol–water partition coefficient (Wildman–Crippen LogP) is 2.89. The summed E-state index contributed by atoms with van der Waals surface area (Å²) in [6.07, 6.45) is 2.18. The molecule has 3 nitrogen and oxygen atoms in total. The van der Waals surface area contributed by atoms with Crippen molar-refractivity contribution in [3.05, 3.63) is 47.7 Å². The van der Waals surface area contributed by atoms with Crippen molar-refractivity contribution in [3.63, 3.8) is 0 Å². The van der Waals surface area contributed by atoms with Crippen LogP contribution in [0.4, 0.5) is 5.69 Å². The molecular weight excluding hydrogens is 210 g/mol. The van der Waals surface area contributed by atoms with Gasteiger partial charge in [0, 0.05) is 28.7 Å². The van der Waals surface area contributed by atoms with Gasteiger partial charge in [0.15, 0.2) is 0 Å². The van der Waals surface area contributed by atoms with Gasteiger partial charge < -0.3 is 11.1 Å². The van der Waals surface area contributed by atoms with Gasteiger partial charge in [-0.2, -0.15) is 0 Å². The number of nitrogens with one attached hydrogen (secondary N) is 1. The summed E-state index contributed by atoms with van der Waals surface area (Å²) in [7, 11) is 0. The lowest BCUT2D eigenvalue weighted by Gasteiger charge is -2.06. The first-order chi connectivity index (χ1) is 8.24. The van der Waals surface area contributed by atoms with E-state index in [2.05, 4.69) is 11.9 Å². The molecule has 3 N–H and O–H groups in total. The van der Waals surface area contributed by atoms with Crippen LogP contribution in [0.5, 0.6) is 0 Å². The number of benzene rings is 1. The first-order valence-corrected chi connectivity index (χ1v) is 5.61. The molecular formula is C14H15N3. The van der Waals surface area contributed by atoms with Gasteiger partial charge in [-0.25, -0.2) is 0 Å². The van der Waals surface area contributed by atoms with Crippen LogP contribution in [0.15, 0.2) is 36.4 Å². The van der Waals surface area contributed by atoms with Crippen molar-refractivity contribution in [2.24, 2.45) is 0 Å². The lowest BCUT2D eigenvalue weighted by molar-refractivity contribution is 1.04. The van der Waals surface area contributed by atoms with Crippen LogP contribution in [0, 0.1) is 5.41 Å². The third-order valence-electron chi connectivity index (χ3n) is 2.71. The Morgan fingerprint density at radius 1 is 1.29 bits per heavy atom. The molecule has 0 saturated carbocycles. The number of pyridine rings is 1. The Morgan fingerprint density at radius 2 is 2.12 bits per heavy atom. The summed E-state index contributed by atoms with van der Waals surface area (Å²) < 4.78 is 0. The molecule has 17 heavy (non-hydrogen) atoms. The minimum atomic E-state index is 0.621. The molecule has 0 radical (unpaired) electrons. The molecule has 2 aromatic rings. The molecule has 2 rings (SSSR count). The summed E-state index contributed by atoms with van der Waals surface area (Å²) in [5.41, 5.74) is 10.1. The van der Waals surface area contributed by atoms with Crippen molar-refractivity contribution in [2.45, 2.75) is 13.3 Å². The monoisotopic (exact) mass is 225 g/mol. The highest BCUT2D eigenvalue weighted by Gasteiger charge is 2.03. The van der Waals surface area contributed by atoms with Crippen LogP contribution in [-0.2, 0) is 6.42 Å². The second-order valence-electron chi connectivity index (χ2n) is 3.86. The van der Waals surface area contributed by atoms with Crippen molar-refractivity contribution < 1.29 is 0 Å². The number of aromatic nitrogens is 1. The van der Waals surface area contributed by atoms with E-state index in [0.29, 0.717) is 5.69 Å². The quantitative estimate of drug-likeness (QED) is 0.623. The van der Waals surface area contributed by atoms with E-state index >= 15 is 0 Å². The molecule has 1 heterocycles. The summed E-state index contributed by atoms with van der Waals surface area (Å²) in [5, 5.41) is 7.30. The summed E-state index contributed by atoms with van der Waals surface area (Å²) >= 11 is 0. The second kappa shape index (κ2) is 4.78. The minimum Gasteiger partial charge on any atom is -0.398 e. The maximum absolute atomic E-state index is 7.30. The Balaban J connectivity index is 2.48. The van der Waals surface area contributed by atoms with E-state index in [1.54, 1.807) is 0 Å². The van der Waals surface area contributed by atoms with E-state index in [4.69, 9.17) is 11.1 Å². The van der Waals surface area contributed by atoms with Gasteiger partial charge in [0.1, 0.15) is 0 Å². The maximum atomic E-state index is 7.30. The van der Waals surface area contributed by atoms with E-state index < -0.39 is 0 Å². The molecule has 0 atom stereocenters. The highest BCUT2D eigenvalue weighted by atomic mass is 14.7. The van der Waals surface area contributed by atoms with E-state index in [0.717, 1.165) is 28.9 Å². The van der Waals surface area contributed by atoms with Crippen molar-refractivity contribution in [1.82, 2.24) is 4.98 Å². The van der Waals surface area contributed by atoms with Crippen molar-refractivity contribution >= 4 is 11.9 Å². The lowest BCUT2D eigenvalue weighted by Crippen LogP contribution is -1.95.